The zero-order valence-electron chi connectivity index (χ0n) is 18.4. The highest BCUT2D eigenvalue weighted by Gasteiger charge is 2.32. The maximum atomic E-state index is 13.2. The summed E-state index contributed by atoms with van der Waals surface area (Å²) in [5.41, 5.74) is 3.96. The number of imidazole rings is 1. The zero-order valence-corrected chi connectivity index (χ0v) is 18.4. The quantitative estimate of drug-likeness (QED) is 0.628. The molecule has 0 radical (unpaired) electrons. The van der Waals surface area contributed by atoms with E-state index in [0.29, 0.717) is 13.0 Å². The van der Waals surface area contributed by atoms with Crippen LogP contribution in [0.15, 0.2) is 42.0 Å². The molecule has 168 valence electrons. The van der Waals surface area contributed by atoms with Crippen molar-refractivity contribution < 1.29 is 9.53 Å². The molecule has 1 fully saturated rings. The Morgan fingerprint density at radius 3 is 3.06 bits per heavy atom. The largest absolute Gasteiger partial charge is 0.491 e. The van der Waals surface area contributed by atoms with Crippen LogP contribution >= 0.6 is 0 Å². The molecule has 8 nitrogen and oxygen atoms in total. The van der Waals surface area contributed by atoms with E-state index < -0.39 is 0 Å². The number of carbonyl (C=O) groups is 1. The van der Waals surface area contributed by atoms with Crippen LogP contribution in [-0.2, 0) is 19.3 Å². The predicted molar refractivity (Wildman–Crippen MR) is 125 cm³/mol. The van der Waals surface area contributed by atoms with E-state index in [9.17, 15) is 4.79 Å². The number of aromatic amines is 1. The van der Waals surface area contributed by atoms with Crippen molar-refractivity contribution in [2.24, 2.45) is 10.9 Å². The smallest absolute Gasteiger partial charge is 0.166 e. The van der Waals surface area contributed by atoms with E-state index in [4.69, 9.17) is 4.74 Å². The number of aromatic nitrogens is 4. The van der Waals surface area contributed by atoms with Crippen molar-refractivity contribution in [2.45, 2.75) is 44.6 Å². The third-order valence-corrected chi connectivity index (χ3v) is 7.02. The summed E-state index contributed by atoms with van der Waals surface area (Å²) in [5.74, 6) is 2.79. The monoisotopic (exact) mass is 442 g/mol. The molecule has 2 aromatic heterocycles. The van der Waals surface area contributed by atoms with Crippen LogP contribution < -0.4 is 9.64 Å². The van der Waals surface area contributed by atoms with Gasteiger partial charge in [-0.2, -0.15) is 0 Å². The first-order valence-electron chi connectivity index (χ1n) is 11.7. The van der Waals surface area contributed by atoms with Gasteiger partial charge >= 0.3 is 0 Å². The number of aliphatic imine (C=N–C) groups is 1. The van der Waals surface area contributed by atoms with Crippen LogP contribution in [0.5, 0.6) is 5.75 Å². The van der Waals surface area contributed by atoms with Crippen LogP contribution in [0.1, 0.15) is 46.4 Å². The molecular weight excluding hydrogens is 416 g/mol. The van der Waals surface area contributed by atoms with Gasteiger partial charge in [0.2, 0.25) is 0 Å². The topological polar surface area (TPSA) is 96.4 Å². The first kappa shape index (κ1) is 20.1. The van der Waals surface area contributed by atoms with Crippen LogP contribution in [0.2, 0.25) is 0 Å². The molecule has 6 rings (SSSR count). The second kappa shape index (κ2) is 8.42. The number of ether oxygens (including phenoxy) is 1. The summed E-state index contributed by atoms with van der Waals surface area (Å²) in [5, 5.41) is 0. The Morgan fingerprint density at radius 1 is 1.18 bits per heavy atom. The highest BCUT2D eigenvalue weighted by molar-refractivity contribution is 6.01. The third kappa shape index (κ3) is 3.69. The number of nitrogens with one attached hydrogen (secondary N) is 1. The average Bonchev–Trinajstić information content (AvgIpc) is 3.61. The van der Waals surface area contributed by atoms with Crippen LogP contribution in [0.3, 0.4) is 0 Å². The lowest BCUT2D eigenvalue weighted by Gasteiger charge is -2.28. The van der Waals surface area contributed by atoms with Crippen molar-refractivity contribution in [1.29, 1.82) is 0 Å². The van der Waals surface area contributed by atoms with Gasteiger partial charge in [0.05, 0.1) is 12.4 Å². The molecule has 0 bridgehead atoms. The number of Topliss-reactive ketones (excluding diaryl/α,β-unsaturated/α-hetero) is 1. The normalized spacial score (nSPS) is 21.3. The molecule has 33 heavy (non-hydrogen) atoms. The van der Waals surface area contributed by atoms with E-state index in [0.717, 1.165) is 78.4 Å². The van der Waals surface area contributed by atoms with Gasteiger partial charge in [-0.15, -0.1) is 0 Å². The number of rotatable bonds is 6. The number of carbonyl (C=O) groups excluding carboxylic acids is 1. The molecule has 1 saturated heterocycles. The Labute approximate surface area is 192 Å². The van der Waals surface area contributed by atoms with Gasteiger partial charge in [-0.25, -0.2) is 19.9 Å². The molecule has 2 atom stereocenters. The van der Waals surface area contributed by atoms with Crippen molar-refractivity contribution in [3.8, 4) is 5.75 Å². The number of hydrogen-bond donors (Lipinski definition) is 1. The van der Waals surface area contributed by atoms with Gasteiger partial charge in [0.1, 0.15) is 24.5 Å². The van der Waals surface area contributed by atoms with Gasteiger partial charge < -0.3 is 14.6 Å². The van der Waals surface area contributed by atoms with Crippen molar-refractivity contribution in [3.05, 3.63) is 59.4 Å². The first-order chi connectivity index (χ1) is 16.3. The van der Waals surface area contributed by atoms with Crippen molar-refractivity contribution in [1.82, 2.24) is 19.9 Å². The Bertz CT molecular complexity index is 1210. The van der Waals surface area contributed by atoms with Crippen molar-refractivity contribution in [2.75, 3.05) is 18.1 Å². The Balaban J connectivity index is 1.18. The van der Waals surface area contributed by atoms with Gasteiger partial charge in [0, 0.05) is 53.7 Å². The standard InChI is InChI=1S/C25H26N6O2/c32-23-16(11-17-12-26-14-28-17)6-7-19-20(23)4-1-5-22(19)33-13-18-3-2-10-31(18)25-21-8-9-27-24(21)29-15-30-25/h1,4-5,9,12,14-16,18H,2-3,6-8,10-11,13H2,(H,26,28)/t16?,18-/m1/s1. The van der Waals surface area contributed by atoms with E-state index in [2.05, 4.69) is 29.8 Å². The summed E-state index contributed by atoms with van der Waals surface area (Å²) in [6.45, 7) is 1.53. The lowest BCUT2D eigenvalue weighted by molar-refractivity contribution is 0.0899. The summed E-state index contributed by atoms with van der Waals surface area (Å²) >= 11 is 0. The molecule has 3 aliphatic rings. The van der Waals surface area contributed by atoms with Crippen LogP contribution in [0, 0.1) is 5.92 Å². The Hall–Kier alpha value is -3.55. The predicted octanol–water partition coefficient (Wildman–Crippen LogP) is 3.49. The van der Waals surface area contributed by atoms with E-state index in [1.165, 1.54) is 0 Å². The minimum atomic E-state index is -0.0133. The number of anilines is 1. The highest BCUT2D eigenvalue weighted by Crippen LogP contribution is 2.36. The Morgan fingerprint density at radius 2 is 2.15 bits per heavy atom. The number of nitrogens with zero attached hydrogens (tertiary/aromatic N) is 5. The fourth-order valence-electron chi connectivity index (χ4n) is 5.35. The van der Waals surface area contributed by atoms with Crippen molar-refractivity contribution >= 4 is 23.6 Å². The second-order valence-electron chi connectivity index (χ2n) is 8.98. The minimum absolute atomic E-state index is 0.0133. The van der Waals surface area contributed by atoms with Gasteiger partial charge in [-0.05, 0) is 38.2 Å². The molecule has 0 saturated carbocycles. The summed E-state index contributed by atoms with van der Waals surface area (Å²) in [7, 11) is 0. The zero-order chi connectivity index (χ0) is 22.2. The molecule has 1 N–H and O–H groups in total. The fourth-order valence-corrected chi connectivity index (χ4v) is 5.35. The number of fused-ring (bicyclic) bond motifs is 2. The number of benzene rings is 1. The van der Waals surface area contributed by atoms with Crippen LogP contribution in [0.4, 0.5) is 11.6 Å². The number of H-pyrrole nitrogens is 1. The molecule has 3 aromatic rings. The van der Waals surface area contributed by atoms with Crippen molar-refractivity contribution in [3.63, 3.8) is 0 Å². The molecular formula is C25H26N6O2. The molecule has 1 unspecified atom stereocenters. The summed E-state index contributed by atoms with van der Waals surface area (Å²) in [6, 6.07) is 6.12. The molecule has 8 heteroatoms. The van der Waals surface area contributed by atoms with E-state index >= 15 is 0 Å². The van der Waals surface area contributed by atoms with Gasteiger partial charge in [0.15, 0.2) is 11.6 Å². The molecule has 1 aliphatic carbocycles. The third-order valence-electron chi connectivity index (χ3n) is 7.02. The van der Waals surface area contributed by atoms with Crippen LogP contribution in [-0.4, -0.2) is 51.1 Å². The summed E-state index contributed by atoms with van der Waals surface area (Å²) < 4.78 is 6.36. The number of ketones is 1. The second-order valence-corrected chi connectivity index (χ2v) is 8.98. The maximum absolute atomic E-state index is 13.2. The maximum Gasteiger partial charge on any atom is 0.166 e. The molecule has 0 spiro atoms. The SMILES string of the molecule is O=C1c2cccc(OC[C@H]3CCCN3c3ncnc4c3CC=N4)c2CCC1Cc1cnc[nH]1. The fraction of sp³-hybridized carbons (Fsp3) is 0.400. The summed E-state index contributed by atoms with van der Waals surface area (Å²) in [6.07, 6.45) is 12.3. The van der Waals surface area contributed by atoms with Crippen LogP contribution in [0.25, 0.3) is 0 Å². The van der Waals surface area contributed by atoms with E-state index in [1.54, 1.807) is 18.9 Å². The molecule has 2 aliphatic heterocycles. The molecule has 1 aromatic carbocycles. The lowest BCUT2D eigenvalue weighted by atomic mass is 9.80. The first-order valence-corrected chi connectivity index (χ1v) is 11.7. The minimum Gasteiger partial charge on any atom is -0.491 e. The van der Waals surface area contributed by atoms with Gasteiger partial charge in [-0.1, -0.05) is 12.1 Å². The van der Waals surface area contributed by atoms with E-state index in [1.807, 2.05) is 24.4 Å². The van der Waals surface area contributed by atoms with E-state index in [-0.39, 0.29) is 17.7 Å². The highest BCUT2D eigenvalue weighted by atomic mass is 16.5. The molecule has 4 heterocycles. The van der Waals surface area contributed by atoms with Gasteiger partial charge in [0.25, 0.3) is 0 Å². The number of hydrogen-bond acceptors (Lipinski definition) is 7. The summed E-state index contributed by atoms with van der Waals surface area (Å²) in [4.78, 5) is 35.9. The van der Waals surface area contributed by atoms with Gasteiger partial charge in [-0.3, -0.25) is 4.79 Å². The average molecular weight is 443 g/mol. The molecule has 0 amide bonds. The lowest BCUT2D eigenvalue weighted by Crippen LogP contribution is -2.35. The Kier molecular flexibility index (Phi) is 5.13.